The number of amides is 2. The number of hydrogen-bond donors (Lipinski definition) is 2. The number of fused-ring (bicyclic) bond motifs is 5. The highest BCUT2D eigenvalue weighted by molar-refractivity contribution is 6.33. The molecule has 4 atom stereocenters. The number of pyridine rings is 1. The van der Waals surface area contributed by atoms with Gasteiger partial charge in [-0.1, -0.05) is 77.8 Å². The van der Waals surface area contributed by atoms with Crippen molar-refractivity contribution in [3.8, 4) is 23.0 Å². The van der Waals surface area contributed by atoms with Crippen LogP contribution in [0.5, 0.6) is 23.0 Å². The van der Waals surface area contributed by atoms with E-state index in [4.69, 9.17) is 37.4 Å². The van der Waals surface area contributed by atoms with Gasteiger partial charge in [-0.05, 0) is 47.4 Å². The molecule has 1 aliphatic carbocycles. The van der Waals surface area contributed by atoms with Crippen LogP contribution in [-0.2, 0) is 54.3 Å². The van der Waals surface area contributed by atoms with E-state index in [1.165, 1.54) is 46.3 Å². The summed E-state index contributed by atoms with van der Waals surface area (Å²) in [6.07, 6.45) is -3.05. The number of carbonyl (C=O) groups excluding carboxylic acids is 2. The number of aromatic hydroxyl groups is 1. The van der Waals surface area contributed by atoms with Crippen LogP contribution >= 0.6 is 23.2 Å². The van der Waals surface area contributed by atoms with Crippen molar-refractivity contribution >= 4 is 51.9 Å². The number of nitrogens with zero attached hydrogens (tertiary/aromatic N) is 7. The summed E-state index contributed by atoms with van der Waals surface area (Å²) in [5.41, 5.74) is 0.00513. The number of phenolic OH excluding ortho intramolecular Hbond substituents is 1. The second kappa shape index (κ2) is 18.1. The lowest BCUT2D eigenvalue weighted by Crippen LogP contribution is -2.53. The third kappa shape index (κ3) is 7.75. The lowest BCUT2D eigenvalue weighted by molar-refractivity contribution is -0.139. The Morgan fingerprint density at radius 2 is 1.62 bits per heavy atom. The van der Waals surface area contributed by atoms with Crippen LogP contribution in [0.2, 0.25) is 10.0 Å². The van der Waals surface area contributed by atoms with Crippen LogP contribution in [-0.4, -0.2) is 64.6 Å². The Morgan fingerprint density at radius 1 is 0.903 bits per heavy atom. The molecule has 1 saturated heterocycles. The minimum absolute atomic E-state index is 0.0546. The first kappa shape index (κ1) is 47.8. The Hall–Kier alpha value is -7.84. The summed E-state index contributed by atoms with van der Waals surface area (Å²) in [4.78, 5) is 82.0. The van der Waals surface area contributed by atoms with E-state index >= 15 is 9.59 Å². The number of alkyl halides is 3. The van der Waals surface area contributed by atoms with E-state index in [-0.39, 0.29) is 65.9 Å². The summed E-state index contributed by atoms with van der Waals surface area (Å²) in [7, 11) is 4.47. The van der Waals surface area contributed by atoms with Crippen molar-refractivity contribution < 1.29 is 42.1 Å². The Morgan fingerprint density at radius 3 is 2.31 bits per heavy atom. The van der Waals surface area contributed by atoms with Crippen molar-refractivity contribution in [2.45, 2.75) is 56.1 Å². The van der Waals surface area contributed by atoms with Gasteiger partial charge < -0.3 is 23.9 Å². The van der Waals surface area contributed by atoms with Gasteiger partial charge in [-0.2, -0.15) is 18.2 Å². The van der Waals surface area contributed by atoms with Gasteiger partial charge in [0.25, 0.3) is 17.4 Å². The van der Waals surface area contributed by atoms with Gasteiger partial charge in [0, 0.05) is 60.9 Å². The Labute approximate surface area is 415 Å². The first-order valence-electron chi connectivity index (χ1n) is 22.3. The van der Waals surface area contributed by atoms with Crippen LogP contribution < -0.4 is 36.6 Å². The van der Waals surface area contributed by atoms with Crippen LogP contribution in [0.3, 0.4) is 0 Å². The maximum atomic E-state index is 15.6. The van der Waals surface area contributed by atoms with Crippen LogP contribution in [0.4, 0.5) is 19.0 Å². The molecule has 0 spiro atoms. The summed E-state index contributed by atoms with van der Waals surface area (Å²) >= 11 is 12.7. The highest BCUT2D eigenvalue weighted by Gasteiger charge is 2.69. The first-order chi connectivity index (χ1) is 34.5. The molecule has 0 radical (unpaired) electrons. The molecule has 17 nitrogen and oxygen atoms in total. The number of benzene rings is 4. The number of hydrazine groups is 1. The zero-order valence-corrected chi connectivity index (χ0v) is 39.8. The molecular formula is C50H41Cl2F3N8O9. The molecule has 370 valence electrons. The number of phenols is 1. The lowest BCUT2D eigenvalue weighted by Gasteiger charge is -2.49. The molecule has 4 aromatic carbocycles. The highest BCUT2D eigenvalue weighted by atomic mass is 35.5. The normalized spacial score (nSPS) is 19.4. The number of aromatic nitrogens is 6. The van der Waals surface area contributed by atoms with E-state index in [0.717, 1.165) is 10.1 Å². The number of imide groups is 1. The lowest BCUT2D eigenvalue weighted by atomic mass is 9.53. The number of hydrogen-bond acceptors (Lipinski definition) is 12. The number of allylic oxidation sites excluding steroid dienone is 2. The van der Waals surface area contributed by atoms with E-state index in [1.54, 1.807) is 49.5 Å². The smallest absolute Gasteiger partial charge is 0.417 e. The van der Waals surface area contributed by atoms with Gasteiger partial charge in [0.15, 0.2) is 17.3 Å². The number of carbonyl (C=O) groups is 2. The van der Waals surface area contributed by atoms with Crippen molar-refractivity contribution in [1.82, 2.24) is 33.5 Å². The third-order valence-corrected chi connectivity index (χ3v) is 14.2. The molecule has 0 bridgehead atoms. The van der Waals surface area contributed by atoms with Crippen LogP contribution in [0, 0.1) is 5.92 Å². The summed E-state index contributed by atoms with van der Waals surface area (Å²) in [6, 6.07) is 22.7. The van der Waals surface area contributed by atoms with Crippen molar-refractivity contribution in [3.05, 3.63) is 178 Å². The van der Waals surface area contributed by atoms with Gasteiger partial charge in [-0.25, -0.2) is 33.5 Å². The molecule has 7 aromatic rings. The van der Waals surface area contributed by atoms with Crippen LogP contribution in [0.25, 0.3) is 11.0 Å². The van der Waals surface area contributed by atoms with E-state index in [1.807, 2.05) is 30.3 Å². The highest BCUT2D eigenvalue weighted by Crippen LogP contribution is 2.63. The van der Waals surface area contributed by atoms with Gasteiger partial charge in [0.1, 0.15) is 23.8 Å². The molecule has 2 N–H and O–H groups in total. The number of nitrogens with one attached hydrogen (secondary N) is 1. The van der Waals surface area contributed by atoms with E-state index in [2.05, 4.69) is 15.4 Å². The molecule has 3 aromatic heterocycles. The standard InChI is InChI=1S/C50H41Cl2F3N8O9/c1-59-38-23-41(71-3)40(70-2)22-36(38)57-35(45(59)66)16-17-60-47(68)61-18-15-31-37(63(61)48(60)69)21-33-44(65)62(58-43-34(52)19-28(24-56-43)50(53,54)55)46(67)49(33,27-9-11-29(51)12-10-27)42(31)32-14-13-30(20-39(32)64)72-25-26-7-5-4-6-8-26/h4-15,19-20,22-24,33,37,42,64H,16-18,21,25H2,1-3H3,(H,56,58). The zero-order valence-electron chi connectivity index (χ0n) is 38.3. The monoisotopic (exact) mass is 1020 g/mol. The summed E-state index contributed by atoms with van der Waals surface area (Å²) in [5.74, 6) is -4.21. The Bertz CT molecular complexity index is 3580. The third-order valence-electron chi connectivity index (χ3n) is 13.7. The molecule has 3 aliphatic rings. The molecule has 1 saturated carbocycles. The number of halogens is 5. The van der Waals surface area contributed by atoms with Gasteiger partial charge in [-0.3, -0.25) is 19.8 Å². The average Bonchev–Trinajstić information content (AvgIpc) is 3.74. The minimum atomic E-state index is -4.81. The average molecular weight is 1030 g/mol. The maximum absolute atomic E-state index is 15.6. The van der Waals surface area contributed by atoms with Crippen molar-refractivity contribution in [1.29, 1.82) is 0 Å². The second-order valence-corrected chi connectivity index (χ2v) is 18.3. The first-order valence-corrected chi connectivity index (χ1v) is 23.1. The fourth-order valence-electron chi connectivity index (χ4n) is 10.3. The van der Waals surface area contributed by atoms with E-state index < -0.39 is 74.6 Å². The molecule has 2 aliphatic heterocycles. The maximum Gasteiger partial charge on any atom is 0.417 e. The Balaban J connectivity index is 1.10. The Kier molecular flexibility index (Phi) is 12.0. The second-order valence-electron chi connectivity index (χ2n) is 17.5. The molecule has 2 fully saturated rings. The predicted molar refractivity (Wildman–Crippen MR) is 256 cm³/mol. The number of methoxy groups -OCH3 is 2. The fourth-order valence-corrected chi connectivity index (χ4v) is 10.7. The van der Waals surface area contributed by atoms with E-state index in [0.29, 0.717) is 45.4 Å². The number of rotatable bonds is 12. The van der Waals surface area contributed by atoms with Gasteiger partial charge in [0.05, 0.1) is 59.8 Å². The summed E-state index contributed by atoms with van der Waals surface area (Å²) < 4.78 is 62.7. The molecule has 22 heteroatoms. The van der Waals surface area contributed by atoms with Gasteiger partial charge in [-0.15, -0.1) is 0 Å². The van der Waals surface area contributed by atoms with E-state index in [9.17, 15) is 32.7 Å². The SMILES string of the molecule is COc1cc2nc(CCn3c(=O)n4n(c3=O)C3CC5C(=O)N(Nc6ncc(C(F)(F)F)cc6Cl)C(=O)C5(c5ccc(Cl)cc5)C(c5ccc(OCc6ccccc6)cc5O)C3=CC4)c(=O)n(C)c2cc1OC. The van der Waals surface area contributed by atoms with Crippen molar-refractivity contribution in [2.24, 2.45) is 13.0 Å². The zero-order chi connectivity index (χ0) is 51.0. The van der Waals surface area contributed by atoms with Crippen molar-refractivity contribution in [3.63, 3.8) is 0 Å². The number of aryl methyl sites for hydroxylation is 2. The largest absolute Gasteiger partial charge is 0.508 e. The summed E-state index contributed by atoms with van der Waals surface area (Å²) in [6.45, 7) is -0.332. The topological polar surface area (TPSA) is 194 Å². The number of anilines is 1. The predicted octanol–water partition coefficient (Wildman–Crippen LogP) is 6.94. The molecule has 2 amide bonds. The molecular weight excluding hydrogens is 984 g/mol. The fraction of sp³-hybridized carbons (Fsp3) is 0.260. The minimum Gasteiger partial charge on any atom is -0.508 e. The quantitative estimate of drug-likeness (QED) is 0.0948. The number of ether oxygens (including phenoxy) is 3. The van der Waals surface area contributed by atoms with Crippen LogP contribution in [0.15, 0.2) is 123 Å². The van der Waals surface area contributed by atoms with Crippen LogP contribution in [0.1, 0.15) is 46.3 Å². The molecule has 4 unspecified atom stereocenters. The molecule has 72 heavy (non-hydrogen) atoms. The molecule has 10 rings (SSSR count). The van der Waals surface area contributed by atoms with Gasteiger partial charge in [0.2, 0.25) is 0 Å². The summed E-state index contributed by atoms with van der Waals surface area (Å²) in [5, 5.41) is 12.5. The molecule has 5 heterocycles. The van der Waals surface area contributed by atoms with Crippen molar-refractivity contribution in [2.75, 3.05) is 19.6 Å². The van der Waals surface area contributed by atoms with Gasteiger partial charge >= 0.3 is 17.6 Å².